The van der Waals surface area contributed by atoms with Crippen LogP contribution in [0.2, 0.25) is 0 Å². The van der Waals surface area contributed by atoms with E-state index in [2.05, 4.69) is 0 Å². The molecule has 0 spiro atoms. The van der Waals surface area contributed by atoms with Gasteiger partial charge in [0.25, 0.3) is 0 Å². The van der Waals surface area contributed by atoms with Crippen molar-refractivity contribution in [3.63, 3.8) is 0 Å². The van der Waals surface area contributed by atoms with Gasteiger partial charge < -0.3 is 19.8 Å². The Hall–Kier alpha value is 0.511. The fraction of sp³-hybridized carbons (Fsp3) is 0.500. The molecule has 0 saturated carbocycles. The molecular formula is C4H4BaO4. The van der Waals surface area contributed by atoms with Crippen LogP contribution in [-0.2, 0) is 9.59 Å². The first-order chi connectivity index (χ1) is 3.55. The van der Waals surface area contributed by atoms with Gasteiger partial charge >= 0.3 is 48.9 Å². The van der Waals surface area contributed by atoms with Gasteiger partial charge in [-0.1, -0.05) is 6.92 Å². The van der Waals surface area contributed by atoms with Crippen LogP contribution in [-0.4, -0.2) is 60.8 Å². The van der Waals surface area contributed by atoms with Crippen molar-refractivity contribution in [1.29, 1.82) is 0 Å². The smallest absolute Gasteiger partial charge is 0.549 e. The molecule has 0 aromatic rings. The van der Waals surface area contributed by atoms with Gasteiger partial charge in [0, 0.05) is 17.9 Å². The minimum atomic E-state index is -1.62. The largest absolute Gasteiger partial charge is 2.00 e. The third kappa shape index (κ3) is 4.98. The fourth-order valence-electron chi connectivity index (χ4n) is 0.0962. The van der Waals surface area contributed by atoms with Gasteiger partial charge in [0.2, 0.25) is 0 Å². The average molecular weight is 253 g/mol. The van der Waals surface area contributed by atoms with Crippen molar-refractivity contribution in [1.82, 2.24) is 0 Å². The van der Waals surface area contributed by atoms with E-state index in [1.165, 1.54) is 0 Å². The summed E-state index contributed by atoms with van der Waals surface area (Å²) in [7, 11) is 0. The van der Waals surface area contributed by atoms with E-state index in [-0.39, 0.29) is 48.9 Å². The standard InChI is InChI=1S/C4H6O4.Ba/c1-2(3(5)6)4(7)8;/h2H,1H3,(H,5,6)(H,7,8);/q;+2/p-2. The molecule has 0 aliphatic carbocycles. The normalized spacial score (nSPS) is 8.22. The molecule has 0 aliphatic rings. The summed E-state index contributed by atoms with van der Waals surface area (Å²) in [6, 6.07) is 0. The maximum atomic E-state index is 9.61. The quantitative estimate of drug-likeness (QED) is 0.382. The maximum absolute atomic E-state index is 9.61. The molecule has 0 saturated heterocycles. The van der Waals surface area contributed by atoms with Crippen molar-refractivity contribution < 1.29 is 19.8 Å². The van der Waals surface area contributed by atoms with E-state index in [1.807, 2.05) is 0 Å². The number of carbonyl (C=O) groups excluding carboxylic acids is 2. The molecule has 46 valence electrons. The molecule has 0 atom stereocenters. The Morgan fingerprint density at radius 1 is 1.22 bits per heavy atom. The van der Waals surface area contributed by atoms with E-state index in [4.69, 9.17) is 0 Å². The van der Waals surface area contributed by atoms with Crippen LogP contribution in [0.1, 0.15) is 6.92 Å². The zero-order chi connectivity index (χ0) is 6.73. The molecular weight excluding hydrogens is 249 g/mol. The second kappa shape index (κ2) is 5.31. The SMILES string of the molecule is CC(C(=O)[O-])C(=O)[O-].[Ba+2]. The number of carboxylic acid groups (broad SMARTS) is 2. The number of rotatable bonds is 2. The summed E-state index contributed by atoms with van der Waals surface area (Å²) < 4.78 is 0. The molecule has 0 radical (unpaired) electrons. The molecule has 0 bridgehead atoms. The van der Waals surface area contributed by atoms with E-state index in [0.29, 0.717) is 0 Å². The second-order valence-corrected chi connectivity index (χ2v) is 1.36. The topological polar surface area (TPSA) is 80.3 Å². The molecule has 5 heteroatoms. The first-order valence-electron chi connectivity index (χ1n) is 1.97. The Labute approximate surface area is 92.3 Å². The summed E-state index contributed by atoms with van der Waals surface area (Å²) in [5.74, 6) is -4.76. The van der Waals surface area contributed by atoms with Gasteiger partial charge in [0.05, 0.1) is 0 Å². The Kier molecular flexibility index (Phi) is 7.20. The minimum Gasteiger partial charge on any atom is -0.549 e. The van der Waals surface area contributed by atoms with Gasteiger partial charge in [0.1, 0.15) is 0 Å². The van der Waals surface area contributed by atoms with Gasteiger partial charge in [-0.3, -0.25) is 0 Å². The molecule has 0 aliphatic heterocycles. The van der Waals surface area contributed by atoms with Gasteiger partial charge in [-0.2, -0.15) is 0 Å². The summed E-state index contributed by atoms with van der Waals surface area (Å²) >= 11 is 0. The summed E-state index contributed by atoms with van der Waals surface area (Å²) in [6.07, 6.45) is 0. The molecule has 9 heavy (non-hydrogen) atoms. The van der Waals surface area contributed by atoms with Crippen molar-refractivity contribution in [2.45, 2.75) is 6.92 Å². The number of hydrogen-bond acceptors (Lipinski definition) is 4. The van der Waals surface area contributed by atoms with Crippen LogP contribution in [0, 0.1) is 5.92 Å². The summed E-state index contributed by atoms with van der Waals surface area (Å²) in [4.78, 5) is 19.2. The molecule has 0 aromatic heterocycles. The summed E-state index contributed by atoms with van der Waals surface area (Å²) in [5, 5.41) is 19.2. The molecule has 0 unspecified atom stereocenters. The van der Waals surface area contributed by atoms with Crippen molar-refractivity contribution in [3.8, 4) is 0 Å². The molecule has 0 amide bonds. The summed E-state index contributed by atoms with van der Waals surface area (Å²) in [5.41, 5.74) is 0. The molecule has 0 N–H and O–H groups in total. The molecule has 0 aromatic carbocycles. The Morgan fingerprint density at radius 2 is 1.44 bits per heavy atom. The van der Waals surface area contributed by atoms with Gasteiger partial charge in [-0.15, -0.1) is 0 Å². The Bertz CT molecular complexity index is 108. The zero-order valence-electron chi connectivity index (χ0n) is 4.92. The van der Waals surface area contributed by atoms with Crippen LogP contribution in [0.5, 0.6) is 0 Å². The first-order valence-corrected chi connectivity index (χ1v) is 1.97. The first kappa shape index (κ1) is 12.2. The number of aliphatic carboxylic acids is 2. The maximum Gasteiger partial charge on any atom is 2.00 e. The van der Waals surface area contributed by atoms with Gasteiger partial charge in [-0.25, -0.2) is 0 Å². The van der Waals surface area contributed by atoms with E-state index in [1.54, 1.807) is 0 Å². The number of carboxylic acids is 2. The number of hydrogen-bond donors (Lipinski definition) is 0. The average Bonchev–Trinajstić information content (AvgIpc) is 1.64. The van der Waals surface area contributed by atoms with Crippen LogP contribution < -0.4 is 10.2 Å². The summed E-state index contributed by atoms with van der Waals surface area (Å²) in [6.45, 7) is 0.991. The molecule has 0 rings (SSSR count). The van der Waals surface area contributed by atoms with E-state index >= 15 is 0 Å². The third-order valence-corrected chi connectivity index (χ3v) is 0.707. The Morgan fingerprint density at radius 3 is 1.44 bits per heavy atom. The monoisotopic (exact) mass is 254 g/mol. The third-order valence-electron chi connectivity index (χ3n) is 0.707. The van der Waals surface area contributed by atoms with Crippen LogP contribution in [0.15, 0.2) is 0 Å². The second-order valence-electron chi connectivity index (χ2n) is 1.36. The van der Waals surface area contributed by atoms with Crippen molar-refractivity contribution in [2.24, 2.45) is 5.92 Å². The van der Waals surface area contributed by atoms with Crippen molar-refractivity contribution in [3.05, 3.63) is 0 Å². The van der Waals surface area contributed by atoms with E-state index in [0.717, 1.165) is 6.92 Å². The Balaban J connectivity index is 0. The van der Waals surface area contributed by atoms with Crippen LogP contribution >= 0.6 is 0 Å². The van der Waals surface area contributed by atoms with Crippen molar-refractivity contribution >= 4 is 60.8 Å². The van der Waals surface area contributed by atoms with Crippen LogP contribution in [0.25, 0.3) is 0 Å². The fourth-order valence-corrected chi connectivity index (χ4v) is 0.0962. The predicted octanol–water partition coefficient (Wildman–Crippen LogP) is -3.26. The molecule has 4 nitrogen and oxygen atoms in total. The minimum absolute atomic E-state index is 0. The predicted molar refractivity (Wildman–Crippen MR) is 24.9 cm³/mol. The van der Waals surface area contributed by atoms with Gasteiger partial charge in [0.15, 0.2) is 0 Å². The molecule has 0 heterocycles. The van der Waals surface area contributed by atoms with Gasteiger partial charge in [-0.05, 0) is 0 Å². The van der Waals surface area contributed by atoms with E-state index < -0.39 is 17.9 Å². The van der Waals surface area contributed by atoms with Crippen LogP contribution in [0.4, 0.5) is 0 Å². The number of carbonyl (C=O) groups is 2. The molecule has 0 fully saturated rings. The van der Waals surface area contributed by atoms with E-state index in [9.17, 15) is 19.8 Å². The van der Waals surface area contributed by atoms with Crippen molar-refractivity contribution in [2.75, 3.05) is 0 Å². The van der Waals surface area contributed by atoms with Crippen LogP contribution in [0.3, 0.4) is 0 Å². The zero-order valence-corrected chi connectivity index (χ0v) is 9.36.